The van der Waals surface area contributed by atoms with Crippen molar-refractivity contribution in [2.75, 3.05) is 5.32 Å². The molecule has 5 nitrogen and oxygen atoms in total. The van der Waals surface area contributed by atoms with Gasteiger partial charge in [0.25, 0.3) is 15.9 Å². The van der Waals surface area contributed by atoms with E-state index in [4.69, 9.17) is 11.6 Å². The minimum atomic E-state index is -4.37. The van der Waals surface area contributed by atoms with Crippen LogP contribution in [0.3, 0.4) is 0 Å². The average Bonchev–Trinajstić information content (AvgIpc) is 2.52. The monoisotopic (exact) mass is 372 g/mol. The molecule has 0 aromatic heterocycles. The summed E-state index contributed by atoms with van der Waals surface area (Å²) in [4.78, 5) is 11.4. The maximum atomic E-state index is 14.4. The molecular formula is C15H11ClF2N2O3S. The summed E-state index contributed by atoms with van der Waals surface area (Å²) in [5, 5.41) is 2.18. The third-order valence-electron chi connectivity index (χ3n) is 3.11. The number of rotatable bonds is 4. The molecule has 1 amide bonds. The summed E-state index contributed by atoms with van der Waals surface area (Å²) in [6.07, 6.45) is 0. The number of nitrogens with one attached hydrogen (secondary N) is 1. The fourth-order valence-corrected chi connectivity index (χ4v) is 2.94. The summed E-state index contributed by atoms with van der Waals surface area (Å²) >= 11 is 5.76. The molecule has 0 unspecified atom stereocenters. The Labute approximate surface area is 142 Å². The zero-order valence-corrected chi connectivity index (χ0v) is 13.9. The smallest absolute Gasteiger partial charge is 0.284 e. The first-order valence-electron chi connectivity index (χ1n) is 6.45. The lowest BCUT2D eigenvalue weighted by molar-refractivity contribution is 0.102. The quantitative estimate of drug-likeness (QED) is 0.833. The van der Waals surface area contributed by atoms with Gasteiger partial charge in [0.1, 0.15) is 10.7 Å². The second-order valence-electron chi connectivity index (χ2n) is 4.79. The second-order valence-corrected chi connectivity index (χ2v) is 6.87. The summed E-state index contributed by atoms with van der Waals surface area (Å²) in [6.45, 7) is 4.35. The molecule has 0 saturated carbocycles. The third-order valence-corrected chi connectivity index (χ3v) is 4.52. The van der Waals surface area contributed by atoms with Crippen LogP contribution in [0.4, 0.5) is 14.5 Å². The Bertz CT molecular complexity index is 946. The van der Waals surface area contributed by atoms with Gasteiger partial charge < -0.3 is 5.32 Å². The van der Waals surface area contributed by atoms with Gasteiger partial charge in [-0.25, -0.2) is 8.78 Å². The number of nitrogens with zero attached hydrogens (tertiary/aromatic N) is 1. The normalized spacial score (nSPS) is 11.2. The molecule has 2 aromatic carbocycles. The van der Waals surface area contributed by atoms with Gasteiger partial charge in [-0.05, 0) is 42.8 Å². The largest absolute Gasteiger partial charge is 0.322 e. The van der Waals surface area contributed by atoms with Gasteiger partial charge in [-0.3, -0.25) is 4.79 Å². The zero-order chi connectivity index (χ0) is 18.1. The lowest BCUT2D eigenvalue weighted by atomic mass is 10.1. The standard InChI is InChI=1S/C15H11ClF2N2O3S/c1-8-5-10(3-4-12(8)17)20-15(21)11-6-9(16)7-13(14(11)18)24(22,23)19-2/h3-7H,2H2,1H3,(H,20,21). The van der Waals surface area contributed by atoms with Crippen LogP contribution in [0, 0.1) is 18.6 Å². The molecule has 2 aromatic rings. The maximum Gasteiger partial charge on any atom is 0.284 e. The van der Waals surface area contributed by atoms with Gasteiger partial charge in [-0.15, -0.1) is 0 Å². The van der Waals surface area contributed by atoms with Gasteiger partial charge in [-0.1, -0.05) is 11.6 Å². The lowest BCUT2D eigenvalue weighted by Gasteiger charge is -2.10. The highest BCUT2D eigenvalue weighted by molar-refractivity contribution is 7.90. The number of benzene rings is 2. The van der Waals surface area contributed by atoms with Crippen molar-refractivity contribution in [1.29, 1.82) is 0 Å². The predicted molar refractivity (Wildman–Crippen MR) is 87.2 cm³/mol. The van der Waals surface area contributed by atoms with Crippen LogP contribution in [-0.2, 0) is 10.0 Å². The van der Waals surface area contributed by atoms with Crippen LogP contribution in [0.2, 0.25) is 5.02 Å². The number of amides is 1. The molecule has 2 rings (SSSR count). The van der Waals surface area contributed by atoms with Gasteiger partial charge in [0, 0.05) is 17.4 Å². The molecule has 0 fully saturated rings. The number of carbonyl (C=O) groups is 1. The van der Waals surface area contributed by atoms with Crippen LogP contribution in [0.15, 0.2) is 39.6 Å². The number of carbonyl (C=O) groups excluding carboxylic acids is 1. The minimum Gasteiger partial charge on any atom is -0.322 e. The third kappa shape index (κ3) is 3.60. The average molecular weight is 373 g/mol. The minimum absolute atomic E-state index is 0.168. The fraction of sp³-hybridized carbons (Fsp3) is 0.0667. The van der Waals surface area contributed by atoms with Crippen LogP contribution >= 0.6 is 11.6 Å². The summed E-state index contributed by atoms with van der Waals surface area (Å²) in [5.41, 5.74) is -0.102. The van der Waals surface area contributed by atoms with Gasteiger partial charge >= 0.3 is 0 Å². The van der Waals surface area contributed by atoms with Crippen LogP contribution in [-0.4, -0.2) is 21.0 Å². The van der Waals surface area contributed by atoms with E-state index in [0.717, 1.165) is 18.2 Å². The molecule has 126 valence electrons. The van der Waals surface area contributed by atoms with Crippen LogP contribution in [0.25, 0.3) is 0 Å². The van der Waals surface area contributed by atoms with E-state index in [0.29, 0.717) is 0 Å². The fourth-order valence-electron chi connectivity index (χ4n) is 1.91. The second kappa shape index (κ2) is 6.66. The summed E-state index contributed by atoms with van der Waals surface area (Å²) in [5.74, 6) is -2.71. The van der Waals surface area contributed by atoms with Crippen LogP contribution < -0.4 is 5.32 Å². The van der Waals surface area contributed by atoms with Gasteiger partial charge in [0.05, 0.1) is 5.56 Å². The molecule has 0 radical (unpaired) electrons. The number of anilines is 1. The topological polar surface area (TPSA) is 75.6 Å². The first-order valence-corrected chi connectivity index (χ1v) is 8.27. The predicted octanol–water partition coefficient (Wildman–Crippen LogP) is 3.57. The molecule has 0 saturated heterocycles. The maximum absolute atomic E-state index is 14.4. The highest BCUT2D eigenvalue weighted by Crippen LogP contribution is 2.26. The van der Waals surface area contributed by atoms with E-state index < -0.39 is 38.0 Å². The van der Waals surface area contributed by atoms with Crippen molar-refractivity contribution in [1.82, 2.24) is 0 Å². The lowest BCUT2D eigenvalue weighted by Crippen LogP contribution is -2.16. The molecule has 0 aliphatic heterocycles. The number of hydrogen-bond donors (Lipinski definition) is 1. The van der Waals surface area contributed by atoms with E-state index in [1.54, 1.807) is 0 Å². The molecule has 0 atom stereocenters. The van der Waals surface area contributed by atoms with E-state index >= 15 is 0 Å². The molecule has 0 aliphatic carbocycles. The number of aryl methyl sites for hydroxylation is 1. The van der Waals surface area contributed by atoms with E-state index in [1.807, 2.05) is 0 Å². The molecule has 0 heterocycles. The van der Waals surface area contributed by atoms with Crippen molar-refractivity contribution in [3.63, 3.8) is 0 Å². The molecule has 0 aliphatic rings. The van der Waals surface area contributed by atoms with E-state index in [-0.39, 0.29) is 16.3 Å². The molecule has 1 N–H and O–H groups in total. The first-order chi connectivity index (χ1) is 11.2. The van der Waals surface area contributed by atoms with Crippen molar-refractivity contribution in [2.24, 2.45) is 4.40 Å². The van der Waals surface area contributed by atoms with Gasteiger partial charge in [0.2, 0.25) is 0 Å². The van der Waals surface area contributed by atoms with Crippen LogP contribution in [0.1, 0.15) is 15.9 Å². The van der Waals surface area contributed by atoms with E-state index in [2.05, 4.69) is 16.4 Å². The SMILES string of the molecule is C=NS(=O)(=O)c1cc(Cl)cc(C(=O)Nc2ccc(F)c(C)c2)c1F. The molecule has 9 heteroatoms. The highest BCUT2D eigenvalue weighted by Gasteiger charge is 2.24. The van der Waals surface area contributed by atoms with E-state index in [1.165, 1.54) is 19.1 Å². The van der Waals surface area contributed by atoms with Crippen LogP contribution in [0.5, 0.6) is 0 Å². The van der Waals surface area contributed by atoms with Crippen molar-refractivity contribution in [2.45, 2.75) is 11.8 Å². The van der Waals surface area contributed by atoms with Crippen molar-refractivity contribution in [3.8, 4) is 0 Å². The number of halogens is 3. The Morgan fingerprint density at radius 2 is 1.92 bits per heavy atom. The van der Waals surface area contributed by atoms with Gasteiger partial charge in [-0.2, -0.15) is 12.8 Å². The van der Waals surface area contributed by atoms with Crippen molar-refractivity contribution in [3.05, 3.63) is 58.1 Å². The Morgan fingerprint density at radius 1 is 1.25 bits per heavy atom. The number of hydrogen-bond acceptors (Lipinski definition) is 3. The summed E-state index contributed by atoms with van der Waals surface area (Å²) in [7, 11) is -4.37. The Hall–Kier alpha value is -2.32. The first kappa shape index (κ1) is 18.0. The molecule has 0 bridgehead atoms. The Morgan fingerprint density at radius 3 is 2.50 bits per heavy atom. The molecule has 24 heavy (non-hydrogen) atoms. The van der Waals surface area contributed by atoms with E-state index in [9.17, 15) is 22.0 Å². The van der Waals surface area contributed by atoms with Crippen molar-refractivity contribution < 1.29 is 22.0 Å². The van der Waals surface area contributed by atoms with Gasteiger partial charge in [0.15, 0.2) is 5.82 Å². The number of sulfonamides is 1. The molecule has 0 spiro atoms. The summed E-state index contributed by atoms with van der Waals surface area (Å²) in [6, 6.07) is 5.57. The molecular weight excluding hydrogens is 362 g/mol. The summed E-state index contributed by atoms with van der Waals surface area (Å²) < 4.78 is 53.8. The zero-order valence-electron chi connectivity index (χ0n) is 12.3. The Kier molecular flexibility index (Phi) is 5.00. The van der Waals surface area contributed by atoms with Crippen molar-refractivity contribution >= 4 is 39.9 Å². The highest BCUT2D eigenvalue weighted by atomic mass is 35.5. The Balaban J connectivity index is 2.46.